The predicted octanol–water partition coefficient (Wildman–Crippen LogP) is 1.12. The highest BCUT2D eigenvalue weighted by Gasteiger charge is 2.07. The maximum atomic E-state index is 5.38. The van der Waals surface area contributed by atoms with Crippen LogP contribution in [-0.4, -0.2) is 48.4 Å². The lowest BCUT2D eigenvalue weighted by atomic mass is 10.5. The summed E-state index contributed by atoms with van der Waals surface area (Å²) in [4.78, 5) is 12.3. The highest BCUT2D eigenvalue weighted by Crippen LogP contribution is 2.12. The van der Waals surface area contributed by atoms with Gasteiger partial charge in [-0.2, -0.15) is 9.97 Å². The average Bonchev–Trinajstić information content (AvgIpc) is 2.37. The summed E-state index contributed by atoms with van der Waals surface area (Å²) in [5, 5.41) is 3.00. The summed E-state index contributed by atoms with van der Waals surface area (Å²) in [6, 6.07) is 0.513. The number of anilines is 1. The Balaban J connectivity index is 2.70. The molecule has 0 bridgehead atoms. The summed E-state index contributed by atoms with van der Waals surface area (Å²) in [7, 11) is 1.61. The monoisotopic (exact) mass is 256 g/mol. The maximum Gasteiger partial charge on any atom is 0.324 e. The number of hydrogen-bond acceptors (Lipinski definition) is 7. The van der Waals surface area contributed by atoms with E-state index >= 15 is 0 Å². The third-order valence-corrected chi connectivity index (χ3v) is 1.88. The number of ether oxygens (including phenoxy) is 3. The molecule has 0 aromatic carbocycles. The van der Waals surface area contributed by atoms with Crippen molar-refractivity contribution in [3.8, 4) is 12.0 Å². The van der Waals surface area contributed by atoms with Crippen LogP contribution >= 0.6 is 0 Å². The minimum Gasteiger partial charge on any atom is -0.463 e. The van der Waals surface area contributed by atoms with E-state index in [0.29, 0.717) is 25.8 Å². The Kier molecular flexibility index (Phi) is 6.78. The van der Waals surface area contributed by atoms with Gasteiger partial charge < -0.3 is 19.5 Å². The molecule has 1 aromatic rings. The quantitative estimate of drug-likeness (QED) is 0.663. The molecule has 0 spiro atoms. The molecule has 0 aliphatic rings. The minimum absolute atomic E-state index is 0.240. The number of methoxy groups -OCH3 is 1. The van der Waals surface area contributed by atoms with Crippen LogP contribution in [-0.2, 0) is 4.74 Å². The zero-order valence-electron chi connectivity index (χ0n) is 11.1. The Morgan fingerprint density at radius 3 is 2.17 bits per heavy atom. The SMILES string of the molecule is CCCOc1nc(NCC)nc(OCCOC)n1. The summed E-state index contributed by atoms with van der Waals surface area (Å²) in [6.45, 7) is 6.12. The van der Waals surface area contributed by atoms with Crippen LogP contribution in [0.4, 0.5) is 5.95 Å². The second kappa shape index (κ2) is 8.46. The summed E-state index contributed by atoms with van der Waals surface area (Å²) in [5.41, 5.74) is 0. The van der Waals surface area contributed by atoms with E-state index in [9.17, 15) is 0 Å². The Labute approximate surface area is 107 Å². The highest BCUT2D eigenvalue weighted by atomic mass is 16.5. The fourth-order valence-corrected chi connectivity index (χ4v) is 1.11. The Hall–Kier alpha value is -1.63. The average molecular weight is 256 g/mol. The highest BCUT2D eigenvalue weighted by molar-refractivity contribution is 5.27. The first-order valence-electron chi connectivity index (χ1n) is 6.04. The van der Waals surface area contributed by atoms with Crippen molar-refractivity contribution in [2.75, 3.05) is 38.8 Å². The molecule has 7 heteroatoms. The van der Waals surface area contributed by atoms with Crippen LogP contribution in [0, 0.1) is 0 Å². The third kappa shape index (κ3) is 5.13. The van der Waals surface area contributed by atoms with E-state index in [1.807, 2.05) is 13.8 Å². The van der Waals surface area contributed by atoms with Gasteiger partial charge in [-0.3, -0.25) is 0 Å². The number of nitrogens with one attached hydrogen (secondary N) is 1. The lowest BCUT2D eigenvalue weighted by Crippen LogP contribution is -2.11. The van der Waals surface area contributed by atoms with Crippen LogP contribution in [0.2, 0.25) is 0 Å². The van der Waals surface area contributed by atoms with Gasteiger partial charge in [-0.1, -0.05) is 6.92 Å². The molecule has 1 heterocycles. The van der Waals surface area contributed by atoms with Gasteiger partial charge in [0.1, 0.15) is 6.61 Å². The molecule has 1 N–H and O–H groups in total. The van der Waals surface area contributed by atoms with E-state index in [4.69, 9.17) is 14.2 Å². The van der Waals surface area contributed by atoms with Gasteiger partial charge in [-0.25, -0.2) is 0 Å². The second-order valence-electron chi connectivity index (χ2n) is 3.44. The first-order chi connectivity index (χ1) is 8.80. The van der Waals surface area contributed by atoms with Crippen molar-refractivity contribution >= 4 is 5.95 Å². The van der Waals surface area contributed by atoms with Gasteiger partial charge in [-0.15, -0.1) is 4.98 Å². The molecule has 0 atom stereocenters. The smallest absolute Gasteiger partial charge is 0.324 e. The summed E-state index contributed by atoms with van der Waals surface area (Å²) < 4.78 is 15.6. The summed E-state index contributed by atoms with van der Waals surface area (Å²) in [5.74, 6) is 0.450. The van der Waals surface area contributed by atoms with Crippen molar-refractivity contribution in [1.29, 1.82) is 0 Å². The molecular formula is C11H20N4O3. The first-order valence-corrected chi connectivity index (χ1v) is 6.04. The van der Waals surface area contributed by atoms with Gasteiger partial charge in [0.25, 0.3) is 0 Å². The molecule has 18 heavy (non-hydrogen) atoms. The molecule has 7 nitrogen and oxygen atoms in total. The molecule has 0 fully saturated rings. The van der Waals surface area contributed by atoms with Crippen molar-refractivity contribution in [2.24, 2.45) is 0 Å². The molecule has 0 radical (unpaired) electrons. The van der Waals surface area contributed by atoms with Crippen LogP contribution < -0.4 is 14.8 Å². The van der Waals surface area contributed by atoms with Gasteiger partial charge in [0.15, 0.2) is 0 Å². The van der Waals surface area contributed by atoms with Crippen LogP contribution in [0.15, 0.2) is 0 Å². The van der Waals surface area contributed by atoms with Crippen molar-refractivity contribution in [1.82, 2.24) is 15.0 Å². The molecule has 1 aromatic heterocycles. The molecule has 0 unspecified atom stereocenters. The molecule has 0 amide bonds. The number of rotatable bonds is 9. The van der Waals surface area contributed by atoms with Gasteiger partial charge in [0.05, 0.1) is 13.2 Å². The van der Waals surface area contributed by atoms with Crippen LogP contribution in [0.25, 0.3) is 0 Å². The maximum absolute atomic E-state index is 5.38. The Morgan fingerprint density at radius 1 is 0.944 bits per heavy atom. The normalized spacial score (nSPS) is 10.2. The molecule has 0 aliphatic carbocycles. The summed E-state index contributed by atoms with van der Waals surface area (Å²) in [6.07, 6.45) is 0.891. The fraction of sp³-hybridized carbons (Fsp3) is 0.727. The fourth-order valence-electron chi connectivity index (χ4n) is 1.11. The van der Waals surface area contributed by atoms with Gasteiger partial charge >= 0.3 is 12.0 Å². The topological polar surface area (TPSA) is 78.4 Å². The van der Waals surface area contributed by atoms with E-state index in [1.165, 1.54) is 0 Å². The van der Waals surface area contributed by atoms with E-state index in [2.05, 4.69) is 20.3 Å². The molecule has 102 valence electrons. The molecule has 1 rings (SSSR count). The first kappa shape index (κ1) is 14.4. The molecule has 0 saturated heterocycles. The Bertz CT molecular complexity index is 349. The summed E-state index contributed by atoms with van der Waals surface area (Å²) >= 11 is 0. The van der Waals surface area contributed by atoms with E-state index < -0.39 is 0 Å². The second-order valence-corrected chi connectivity index (χ2v) is 3.44. The molecule has 0 saturated carbocycles. The lowest BCUT2D eigenvalue weighted by Gasteiger charge is -2.08. The van der Waals surface area contributed by atoms with E-state index in [-0.39, 0.29) is 12.0 Å². The van der Waals surface area contributed by atoms with Gasteiger partial charge in [-0.05, 0) is 13.3 Å². The van der Waals surface area contributed by atoms with E-state index in [1.54, 1.807) is 7.11 Å². The van der Waals surface area contributed by atoms with Crippen molar-refractivity contribution < 1.29 is 14.2 Å². The molecule has 0 aliphatic heterocycles. The van der Waals surface area contributed by atoms with Crippen LogP contribution in [0.3, 0.4) is 0 Å². The van der Waals surface area contributed by atoms with E-state index in [0.717, 1.165) is 13.0 Å². The largest absolute Gasteiger partial charge is 0.463 e. The minimum atomic E-state index is 0.240. The van der Waals surface area contributed by atoms with Crippen molar-refractivity contribution in [2.45, 2.75) is 20.3 Å². The Morgan fingerprint density at radius 2 is 1.61 bits per heavy atom. The zero-order valence-corrected chi connectivity index (χ0v) is 11.1. The molecular weight excluding hydrogens is 236 g/mol. The van der Waals surface area contributed by atoms with Crippen molar-refractivity contribution in [3.05, 3.63) is 0 Å². The van der Waals surface area contributed by atoms with Crippen LogP contribution in [0.1, 0.15) is 20.3 Å². The lowest BCUT2D eigenvalue weighted by molar-refractivity contribution is 0.139. The third-order valence-electron chi connectivity index (χ3n) is 1.88. The predicted molar refractivity (Wildman–Crippen MR) is 67.1 cm³/mol. The standard InChI is InChI=1S/C11H20N4O3/c1-4-6-17-10-13-9(12-5-2)14-11(15-10)18-8-7-16-3/h4-8H2,1-3H3,(H,12,13,14,15). The van der Waals surface area contributed by atoms with Crippen LogP contribution in [0.5, 0.6) is 12.0 Å². The number of aromatic nitrogens is 3. The number of nitrogens with zero attached hydrogens (tertiary/aromatic N) is 3. The zero-order chi connectivity index (χ0) is 13.2. The number of hydrogen-bond donors (Lipinski definition) is 1. The van der Waals surface area contributed by atoms with Gasteiger partial charge in [0.2, 0.25) is 5.95 Å². The van der Waals surface area contributed by atoms with Crippen molar-refractivity contribution in [3.63, 3.8) is 0 Å². The van der Waals surface area contributed by atoms with Gasteiger partial charge in [0, 0.05) is 13.7 Å².